The molecule has 6 heteroatoms. The van der Waals surface area contributed by atoms with E-state index in [9.17, 15) is 8.42 Å². The van der Waals surface area contributed by atoms with Crippen LogP contribution in [-0.4, -0.2) is 41.6 Å². The molecule has 118 valence electrons. The highest BCUT2D eigenvalue weighted by atomic mass is 32.2. The summed E-state index contributed by atoms with van der Waals surface area (Å²) in [6.07, 6.45) is 8.11. The molecule has 0 radical (unpaired) electrons. The van der Waals surface area contributed by atoms with Gasteiger partial charge in [-0.15, -0.1) is 0 Å². The fraction of sp³-hybridized carbons (Fsp3) is 0.800. The summed E-state index contributed by atoms with van der Waals surface area (Å²) in [5.74, 6) is 1.51. The Balaban J connectivity index is 1.76. The first-order chi connectivity index (χ1) is 9.95. The van der Waals surface area contributed by atoms with E-state index in [-0.39, 0.29) is 0 Å². The van der Waals surface area contributed by atoms with E-state index in [1.807, 2.05) is 0 Å². The molecule has 2 aliphatic rings. The van der Waals surface area contributed by atoms with Crippen molar-refractivity contribution in [3.8, 4) is 0 Å². The summed E-state index contributed by atoms with van der Waals surface area (Å²) in [4.78, 5) is 4.72. The van der Waals surface area contributed by atoms with Gasteiger partial charge in [-0.05, 0) is 51.4 Å². The molecule has 1 aliphatic heterocycles. The monoisotopic (exact) mass is 311 g/mol. The maximum absolute atomic E-state index is 11.7. The number of imidazole rings is 1. The zero-order valence-corrected chi connectivity index (χ0v) is 13.8. The summed E-state index contributed by atoms with van der Waals surface area (Å²) >= 11 is 0. The number of hydrogen-bond donors (Lipinski definition) is 0. The Labute approximate surface area is 127 Å². The molecule has 1 aromatic heterocycles. The second-order valence-corrected chi connectivity index (χ2v) is 8.48. The molecule has 1 atom stereocenters. The lowest BCUT2D eigenvalue weighted by Crippen LogP contribution is -2.40. The maximum Gasteiger partial charge on any atom is 0.211 e. The highest BCUT2D eigenvalue weighted by molar-refractivity contribution is 7.88. The molecule has 0 aromatic carbocycles. The smallest absolute Gasteiger partial charge is 0.211 e. The van der Waals surface area contributed by atoms with E-state index >= 15 is 0 Å². The van der Waals surface area contributed by atoms with Gasteiger partial charge in [0.15, 0.2) is 0 Å². The van der Waals surface area contributed by atoms with Gasteiger partial charge in [0.1, 0.15) is 5.82 Å². The molecule has 0 spiro atoms. The zero-order chi connectivity index (χ0) is 15.0. The van der Waals surface area contributed by atoms with Gasteiger partial charge in [-0.25, -0.2) is 17.7 Å². The normalized spacial score (nSPS) is 24.0. The molecular weight excluding hydrogens is 286 g/mol. The minimum atomic E-state index is -3.06. The van der Waals surface area contributed by atoms with E-state index in [1.54, 1.807) is 4.31 Å². The van der Waals surface area contributed by atoms with Crippen molar-refractivity contribution in [2.24, 2.45) is 5.92 Å². The van der Waals surface area contributed by atoms with Crippen molar-refractivity contribution in [1.82, 2.24) is 13.9 Å². The summed E-state index contributed by atoms with van der Waals surface area (Å²) in [5, 5.41) is 0. The van der Waals surface area contributed by atoms with Crippen LogP contribution >= 0.6 is 0 Å². The van der Waals surface area contributed by atoms with E-state index < -0.39 is 10.0 Å². The van der Waals surface area contributed by atoms with Gasteiger partial charge in [0.25, 0.3) is 0 Å². The summed E-state index contributed by atoms with van der Waals surface area (Å²) < 4.78 is 27.5. The molecule has 0 amide bonds. The third-order valence-electron chi connectivity index (χ3n) is 4.81. The van der Waals surface area contributed by atoms with Gasteiger partial charge in [-0.1, -0.05) is 0 Å². The van der Waals surface area contributed by atoms with Crippen molar-refractivity contribution >= 4 is 10.0 Å². The lowest BCUT2D eigenvalue weighted by atomic mass is 9.98. The van der Waals surface area contributed by atoms with Gasteiger partial charge in [-0.2, -0.15) is 0 Å². The first-order valence-electron chi connectivity index (χ1n) is 7.95. The number of rotatable bonds is 3. The minimum Gasteiger partial charge on any atom is -0.332 e. The molecule has 5 nitrogen and oxygen atoms in total. The molecule has 0 bridgehead atoms. The third kappa shape index (κ3) is 3.16. The predicted molar refractivity (Wildman–Crippen MR) is 82.7 cm³/mol. The standard InChI is InChI=1S/C15H25N3O2S/c1-12-16-14-7-3-4-8-15(14)18(12)11-13-6-5-9-17(10-13)21(2,19)20/h13H,3-11H2,1-2H3. The molecule has 1 aromatic rings. The molecule has 3 rings (SSSR count). The summed E-state index contributed by atoms with van der Waals surface area (Å²) in [6.45, 7) is 4.33. The number of piperidine rings is 1. The summed E-state index contributed by atoms with van der Waals surface area (Å²) in [7, 11) is -3.06. The van der Waals surface area contributed by atoms with E-state index in [2.05, 4.69) is 11.5 Å². The molecule has 1 aliphatic carbocycles. The summed E-state index contributed by atoms with van der Waals surface area (Å²) in [6, 6.07) is 0. The van der Waals surface area contributed by atoms with Crippen molar-refractivity contribution in [2.75, 3.05) is 19.3 Å². The number of nitrogens with zero attached hydrogens (tertiary/aromatic N) is 3. The Morgan fingerprint density at radius 1 is 1.24 bits per heavy atom. The van der Waals surface area contributed by atoms with Crippen molar-refractivity contribution in [3.05, 3.63) is 17.2 Å². The molecule has 0 N–H and O–H groups in total. The molecule has 1 unspecified atom stereocenters. The lowest BCUT2D eigenvalue weighted by Gasteiger charge is -2.31. The number of hydrogen-bond acceptors (Lipinski definition) is 3. The topological polar surface area (TPSA) is 55.2 Å². The predicted octanol–water partition coefficient (Wildman–Crippen LogP) is 1.74. The number of sulfonamides is 1. The molecule has 0 saturated carbocycles. The highest BCUT2D eigenvalue weighted by Crippen LogP contribution is 2.26. The van der Waals surface area contributed by atoms with Crippen LogP contribution in [0.4, 0.5) is 0 Å². The SMILES string of the molecule is Cc1nc2c(n1CC1CCCN(S(C)(=O)=O)C1)CCCC2. The lowest BCUT2D eigenvalue weighted by molar-refractivity contribution is 0.243. The van der Waals surface area contributed by atoms with Crippen LogP contribution in [0, 0.1) is 12.8 Å². The summed E-state index contributed by atoms with van der Waals surface area (Å²) in [5.41, 5.74) is 2.67. The first kappa shape index (κ1) is 15.0. The minimum absolute atomic E-state index is 0.410. The van der Waals surface area contributed by atoms with Crippen LogP contribution in [0.5, 0.6) is 0 Å². The van der Waals surface area contributed by atoms with Gasteiger partial charge in [0.2, 0.25) is 10.0 Å². The van der Waals surface area contributed by atoms with Gasteiger partial charge in [0, 0.05) is 25.3 Å². The van der Waals surface area contributed by atoms with Gasteiger partial charge in [0.05, 0.1) is 11.9 Å². The average Bonchev–Trinajstić information content (AvgIpc) is 2.75. The van der Waals surface area contributed by atoms with Crippen LogP contribution in [0.15, 0.2) is 0 Å². The first-order valence-corrected chi connectivity index (χ1v) is 9.80. The fourth-order valence-electron chi connectivity index (χ4n) is 3.71. The largest absolute Gasteiger partial charge is 0.332 e. The van der Waals surface area contributed by atoms with E-state index in [0.717, 1.165) is 38.1 Å². The maximum atomic E-state index is 11.7. The van der Waals surface area contributed by atoms with Crippen LogP contribution in [0.2, 0.25) is 0 Å². The Kier molecular flexibility index (Phi) is 4.10. The van der Waals surface area contributed by atoms with Crippen LogP contribution in [-0.2, 0) is 29.4 Å². The Hall–Kier alpha value is -0.880. The highest BCUT2D eigenvalue weighted by Gasteiger charge is 2.27. The van der Waals surface area contributed by atoms with Crippen molar-refractivity contribution < 1.29 is 8.42 Å². The number of fused-ring (bicyclic) bond motifs is 1. The van der Waals surface area contributed by atoms with Gasteiger partial charge < -0.3 is 4.57 Å². The van der Waals surface area contributed by atoms with Gasteiger partial charge >= 0.3 is 0 Å². The Morgan fingerprint density at radius 2 is 2.00 bits per heavy atom. The molecule has 1 fully saturated rings. The second kappa shape index (κ2) is 5.72. The van der Waals surface area contributed by atoms with E-state index in [4.69, 9.17) is 4.98 Å². The van der Waals surface area contributed by atoms with Crippen molar-refractivity contribution in [2.45, 2.75) is 52.0 Å². The average molecular weight is 311 g/mol. The van der Waals surface area contributed by atoms with Crippen LogP contribution in [0.25, 0.3) is 0 Å². The van der Waals surface area contributed by atoms with E-state index in [0.29, 0.717) is 19.0 Å². The van der Waals surface area contributed by atoms with Gasteiger partial charge in [-0.3, -0.25) is 0 Å². The third-order valence-corrected chi connectivity index (χ3v) is 6.08. The molecular formula is C15H25N3O2S. The van der Waals surface area contributed by atoms with E-state index in [1.165, 1.54) is 30.5 Å². The Morgan fingerprint density at radius 3 is 2.76 bits per heavy atom. The number of aryl methyl sites for hydroxylation is 2. The molecule has 1 saturated heterocycles. The van der Waals surface area contributed by atoms with Crippen LogP contribution in [0.3, 0.4) is 0 Å². The fourth-order valence-corrected chi connectivity index (χ4v) is 4.66. The van der Waals surface area contributed by atoms with Crippen LogP contribution < -0.4 is 0 Å². The Bertz CT molecular complexity index is 621. The zero-order valence-electron chi connectivity index (χ0n) is 13.0. The number of aromatic nitrogens is 2. The molecule has 2 heterocycles. The molecule has 21 heavy (non-hydrogen) atoms. The quantitative estimate of drug-likeness (QED) is 0.854. The van der Waals surface area contributed by atoms with Crippen molar-refractivity contribution in [1.29, 1.82) is 0 Å². The van der Waals surface area contributed by atoms with Crippen LogP contribution in [0.1, 0.15) is 42.9 Å². The second-order valence-electron chi connectivity index (χ2n) is 6.50. The van der Waals surface area contributed by atoms with Crippen molar-refractivity contribution in [3.63, 3.8) is 0 Å².